The topological polar surface area (TPSA) is 92.5 Å². The lowest BCUT2D eigenvalue weighted by atomic mass is 10.0. The van der Waals surface area contributed by atoms with Crippen LogP contribution in [0.4, 0.5) is 0 Å². The second-order valence-corrected chi connectivity index (χ2v) is 8.28. The quantitative estimate of drug-likeness (QED) is 0.848. The Kier molecular flexibility index (Phi) is 5.80. The molecule has 7 nitrogen and oxygen atoms in total. The van der Waals surface area contributed by atoms with E-state index in [-0.39, 0.29) is 24.1 Å². The molecule has 0 atom stereocenters. The summed E-state index contributed by atoms with van der Waals surface area (Å²) in [7, 11) is -3.30. The second-order valence-electron chi connectivity index (χ2n) is 6.19. The maximum Gasteiger partial charge on any atom is 0.256 e. The Morgan fingerprint density at radius 3 is 2.57 bits per heavy atom. The van der Waals surface area contributed by atoms with Crippen LogP contribution in [-0.4, -0.2) is 49.2 Å². The molecule has 1 aliphatic heterocycles. The van der Waals surface area contributed by atoms with Gasteiger partial charge in [0.05, 0.1) is 11.4 Å². The molecule has 0 unspecified atom stereocenters. The van der Waals surface area contributed by atoms with E-state index in [0.29, 0.717) is 30.1 Å². The number of sulfonamides is 1. The highest BCUT2D eigenvalue weighted by atomic mass is 32.2. The number of aromatic nitrogens is 1. The molecular formula is C15H25N3O4S. The van der Waals surface area contributed by atoms with Crippen LogP contribution in [0.5, 0.6) is 0 Å². The lowest BCUT2D eigenvalue weighted by Crippen LogP contribution is -2.40. The maximum absolute atomic E-state index is 12.3. The van der Waals surface area contributed by atoms with Gasteiger partial charge < -0.3 is 9.84 Å². The van der Waals surface area contributed by atoms with Crippen molar-refractivity contribution < 1.29 is 17.7 Å². The Labute approximate surface area is 137 Å². The van der Waals surface area contributed by atoms with Crippen LogP contribution in [0.3, 0.4) is 0 Å². The van der Waals surface area contributed by atoms with Gasteiger partial charge in [-0.1, -0.05) is 25.4 Å². The summed E-state index contributed by atoms with van der Waals surface area (Å²) in [6, 6.07) is 0. The zero-order chi connectivity index (χ0) is 17.0. The minimum absolute atomic E-state index is 0.0361. The van der Waals surface area contributed by atoms with E-state index in [4.69, 9.17) is 4.52 Å². The fourth-order valence-corrected chi connectivity index (χ4v) is 4.14. The SMILES string of the molecule is Cc1noc(C(C)C)c1C(=O)NCCS(=O)(=O)N1CCCCC1. The summed E-state index contributed by atoms with van der Waals surface area (Å²) < 4.78 is 31.2. The number of hydrogen-bond donors (Lipinski definition) is 1. The third-order valence-corrected chi connectivity index (χ3v) is 5.87. The van der Waals surface area contributed by atoms with Crippen LogP contribution < -0.4 is 5.32 Å². The molecule has 0 aromatic carbocycles. The molecule has 8 heteroatoms. The summed E-state index contributed by atoms with van der Waals surface area (Å²) >= 11 is 0. The van der Waals surface area contributed by atoms with Crippen LogP contribution in [0.2, 0.25) is 0 Å². The molecule has 1 aliphatic rings. The van der Waals surface area contributed by atoms with Crippen molar-refractivity contribution in [3.63, 3.8) is 0 Å². The van der Waals surface area contributed by atoms with E-state index in [1.807, 2.05) is 13.8 Å². The molecule has 1 fully saturated rings. The van der Waals surface area contributed by atoms with Gasteiger partial charge in [0.2, 0.25) is 10.0 Å². The first-order valence-corrected chi connectivity index (χ1v) is 9.66. The van der Waals surface area contributed by atoms with Crippen molar-refractivity contribution in [1.29, 1.82) is 0 Å². The Hall–Kier alpha value is -1.41. The maximum atomic E-state index is 12.3. The molecule has 0 bridgehead atoms. The summed E-state index contributed by atoms with van der Waals surface area (Å²) in [6.45, 7) is 6.78. The first-order valence-electron chi connectivity index (χ1n) is 8.05. The van der Waals surface area contributed by atoms with Crippen molar-refractivity contribution in [3.8, 4) is 0 Å². The molecule has 0 aliphatic carbocycles. The van der Waals surface area contributed by atoms with Crippen molar-refractivity contribution in [2.24, 2.45) is 0 Å². The zero-order valence-electron chi connectivity index (χ0n) is 14.0. The number of aryl methyl sites for hydroxylation is 1. The smallest absolute Gasteiger partial charge is 0.256 e. The molecule has 130 valence electrons. The highest BCUT2D eigenvalue weighted by Crippen LogP contribution is 2.22. The number of amides is 1. The minimum Gasteiger partial charge on any atom is -0.360 e. The first-order chi connectivity index (χ1) is 10.8. The minimum atomic E-state index is -3.30. The van der Waals surface area contributed by atoms with Crippen LogP contribution in [0.1, 0.15) is 60.8 Å². The summed E-state index contributed by atoms with van der Waals surface area (Å²) in [5, 5.41) is 6.50. The monoisotopic (exact) mass is 343 g/mol. The van der Waals surface area contributed by atoms with E-state index in [1.165, 1.54) is 4.31 Å². The van der Waals surface area contributed by atoms with Crippen molar-refractivity contribution in [1.82, 2.24) is 14.8 Å². The normalized spacial score (nSPS) is 16.7. The van der Waals surface area contributed by atoms with Crippen molar-refractivity contribution in [2.45, 2.75) is 46.0 Å². The fourth-order valence-electron chi connectivity index (χ4n) is 2.71. The Morgan fingerprint density at radius 1 is 1.30 bits per heavy atom. The predicted molar refractivity (Wildman–Crippen MR) is 86.9 cm³/mol. The number of carbonyl (C=O) groups excluding carboxylic acids is 1. The summed E-state index contributed by atoms with van der Waals surface area (Å²) in [5.41, 5.74) is 0.931. The molecule has 1 N–H and O–H groups in total. The van der Waals surface area contributed by atoms with Gasteiger partial charge in [0.1, 0.15) is 5.56 Å². The van der Waals surface area contributed by atoms with Crippen LogP contribution in [0.25, 0.3) is 0 Å². The van der Waals surface area contributed by atoms with E-state index in [0.717, 1.165) is 19.3 Å². The molecule has 2 rings (SSSR count). The number of nitrogens with one attached hydrogen (secondary N) is 1. The van der Waals surface area contributed by atoms with Crippen molar-refractivity contribution in [2.75, 3.05) is 25.4 Å². The molecule has 0 saturated carbocycles. The van der Waals surface area contributed by atoms with Crippen LogP contribution in [-0.2, 0) is 10.0 Å². The first kappa shape index (κ1) is 17.9. The van der Waals surface area contributed by atoms with Gasteiger partial charge >= 0.3 is 0 Å². The zero-order valence-corrected chi connectivity index (χ0v) is 14.8. The number of carbonyl (C=O) groups is 1. The largest absolute Gasteiger partial charge is 0.360 e. The highest BCUT2D eigenvalue weighted by molar-refractivity contribution is 7.89. The van der Waals surface area contributed by atoms with E-state index >= 15 is 0 Å². The fraction of sp³-hybridized carbons (Fsp3) is 0.733. The molecule has 1 aromatic rings. The molecule has 2 heterocycles. The molecule has 0 spiro atoms. The number of nitrogens with zero attached hydrogens (tertiary/aromatic N) is 2. The average molecular weight is 343 g/mol. The molecule has 1 aromatic heterocycles. The van der Waals surface area contributed by atoms with Gasteiger partial charge in [0.25, 0.3) is 5.91 Å². The molecule has 0 radical (unpaired) electrons. The Morgan fingerprint density at radius 2 is 1.96 bits per heavy atom. The van der Waals surface area contributed by atoms with E-state index < -0.39 is 10.0 Å². The molecule has 23 heavy (non-hydrogen) atoms. The van der Waals surface area contributed by atoms with Gasteiger partial charge in [-0.25, -0.2) is 12.7 Å². The molecule has 1 saturated heterocycles. The van der Waals surface area contributed by atoms with Gasteiger partial charge in [0.15, 0.2) is 5.76 Å². The summed E-state index contributed by atoms with van der Waals surface area (Å²) in [5.74, 6) is 0.147. The number of piperidine rings is 1. The van der Waals surface area contributed by atoms with Gasteiger partial charge in [-0.2, -0.15) is 0 Å². The number of hydrogen-bond acceptors (Lipinski definition) is 5. The summed E-state index contributed by atoms with van der Waals surface area (Å²) in [4.78, 5) is 12.3. The van der Waals surface area contributed by atoms with Crippen molar-refractivity contribution >= 4 is 15.9 Å². The standard InChI is InChI=1S/C15H25N3O4S/c1-11(2)14-13(12(3)17-22-14)15(19)16-7-10-23(20,21)18-8-5-4-6-9-18/h11H,4-10H2,1-3H3,(H,16,19). The lowest BCUT2D eigenvalue weighted by molar-refractivity contribution is 0.0953. The van der Waals surface area contributed by atoms with E-state index in [2.05, 4.69) is 10.5 Å². The highest BCUT2D eigenvalue weighted by Gasteiger charge is 2.25. The van der Waals surface area contributed by atoms with E-state index in [9.17, 15) is 13.2 Å². The molecule has 1 amide bonds. The molecular weight excluding hydrogens is 318 g/mol. The second kappa shape index (κ2) is 7.44. The Bertz CT molecular complexity index is 646. The third kappa shape index (κ3) is 4.32. The van der Waals surface area contributed by atoms with Gasteiger partial charge in [-0.3, -0.25) is 4.79 Å². The number of rotatable bonds is 6. The van der Waals surface area contributed by atoms with Crippen LogP contribution >= 0.6 is 0 Å². The average Bonchev–Trinajstić information content (AvgIpc) is 2.90. The third-order valence-electron chi connectivity index (χ3n) is 3.99. The van der Waals surface area contributed by atoms with Gasteiger partial charge in [-0.05, 0) is 19.8 Å². The van der Waals surface area contributed by atoms with Crippen LogP contribution in [0, 0.1) is 6.92 Å². The van der Waals surface area contributed by atoms with Crippen molar-refractivity contribution in [3.05, 3.63) is 17.0 Å². The summed E-state index contributed by atoms with van der Waals surface area (Å²) in [6.07, 6.45) is 2.89. The van der Waals surface area contributed by atoms with Gasteiger partial charge in [-0.15, -0.1) is 0 Å². The van der Waals surface area contributed by atoms with Gasteiger partial charge in [0, 0.05) is 25.6 Å². The Balaban J connectivity index is 1.93. The van der Waals surface area contributed by atoms with E-state index in [1.54, 1.807) is 6.92 Å². The lowest BCUT2D eigenvalue weighted by Gasteiger charge is -2.25. The van der Waals surface area contributed by atoms with Crippen LogP contribution in [0.15, 0.2) is 4.52 Å². The predicted octanol–water partition coefficient (Wildman–Crippen LogP) is 1.65.